The Hall–Kier alpha value is -1.58. The summed E-state index contributed by atoms with van der Waals surface area (Å²) in [6.07, 6.45) is 4.61. The van der Waals surface area contributed by atoms with E-state index in [4.69, 9.17) is 0 Å². The fraction of sp³-hybridized carbons (Fsp3) is 0.533. The number of hydrogen-bond acceptors (Lipinski definition) is 2. The van der Waals surface area contributed by atoms with E-state index < -0.39 is 0 Å². The number of anilines is 1. The normalized spacial score (nSPS) is 17.7. The second kappa shape index (κ2) is 6.55. The smallest absolute Gasteiger partial charge is 0.244 e. The van der Waals surface area contributed by atoms with Crippen LogP contribution in [0.2, 0.25) is 0 Å². The quantitative estimate of drug-likeness (QED) is 0.910. The van der Waals surface area contributed by atoms with Crippen molar-refractivity contribution < 1.29 is 9.18 Å². The Morgan fingerprint density at radius 2 is 1.74 bits per heavy atom. The number of rotatable bonds is 3. The summed E-state index contributed by atoms with van der Waals surface area (Å²) >= 11 is 0. The van der Waals surface area contributed by atoms with Crippen molar-refractivity contribution in [2.75, 3.05) is 18.4 Å². The van der Waals surface area contributed by atoms with Gasteiger partial charge in [0.1, 0.15) is 11.9 Å². The number of nitrogens with zero attached hydrogens (tertiary/aromatic N) is 1. The Morgan fingerprint density at radius 1 is 1.16 bits per heavy atom. The molecule has 0 radical (unpaired) electrons. The molecule has 1 unspecified atom stereocenters. The highest BCUT2D eigenvalue weighted by molar-refractivity contribution is 5.84. The first-order valence-electron chi connectivity index (χ1n) is 6.98. The number of carbonyl (C=O) groups excluding carboxylic acids is 1. The summed E-state index contributed by atoms with van der Waals surface area (Å²) in [4.78, 5) is 14.3. The monoisotopic (exact) mass is 264 g/mol. The fourth-order valence-corrected chi connectivity index (χ4v) is 2.42. The van der Waals surface area contributed by atoms with Crippen LogP contribution in [0.25, 0.3) is 0 Å². The average Bonchev–Trinajstić information content (AvgIpc) is 2.69. The highest BCUT2D eigenvalue weighted by Gasteiger charge is 2.21. The number of nitrogens with one attached hydrogen (secondary N) is 1. The summed E-state index contributed by atoms with van der Waals surface area (Å²) in [5.41, 5.74) is 0.775. The van der Waals surface area contributed by atoms with Crippen LogP contribution in [0, 0.1) is 5.82 Å². The van der Waals surface area contributed by atoms with Gasteiger partial charge in [-0.05, 0) is 44.0 Å². The Labute approximate surface area is 113 Å². The van der Waals surface area contributed by atoms with Crippen molar-refractivity contribution in [3.05, 3.63) is 30.1 Å². The van der Waals surface area contributed by atoms with E-state index in [-0.39, 0.29) is 17.8 Å². The van der Waals surface area contributed by atoms with Crippen LogP contribution in [0.15, 0.2) is 24.3 Å². The van der Waals surface area contributed by atoms with E-state index in [1.807, 2.05) is 11.8 Å². The molecule has 1 saturated heterocycles. The van der Waals surface area contributed by atoms with Gasteiger partial charge in [0.15, 0.2) is 0 Å². The van der Waals surface area contributed by atoms with E-state index in [0.717, 1.165) is 31.6 Å². The highest BCUT2D eigenvalue weighted by atomic mass is 19.1. The molecule has 1 aromatic rings. The standard InChI is InChI=1S/C15H21FN2O/c1-12(17-14-8-6-13(16)7-9-14)15(19)18-10-4-2-3-5-11-18/h6-9,12,17H,2-5,10-11H2,1H3. The van der Waals surface area contributed by atoms with Gasteiger partial charge in [0.2, 0.25) is 5.91 Å². The zero-order valence-corrected chi connectivity index (χ0v) is 11.4. The van der Waals surface area contributed by atoms with E-state index in [9.17, 15) is 9.18 Å². The van der Waals surface area contributed by atoms with Gasteiger partial charge < -0.3 is 10.2 Å². The van der Waals surface area contributed by atoms with Gasteiger partial charge in [-0.3, -0.25) is 4.79 Å². The molecule has 1 atom stereocenters. The lowest BCUT2D eigenvalue weighted by Crippen LogP contribution is -2.41. The zero-order chi connectivity index (χ0) is 13.7. The lowest BCUT2D eigenvalue weighted by atomic mass is 10.2. The number of likely N-dealkylation sites (tertiary alicyclic amines) is 1. The minimum absolute atomic E-state index is 0.131. The minimum atomic E-state index is -0.274. The number of halogens is 1. The molecular weight excluding hydrogens is 243 g/mol. The molecule has 1 amide bonds. The van der Waals surface area contributed by atoms with E-state index in [0.29, 0.717) is 0 Å². The maximum absolute atomic E-state index is 12.8. The van der Waals surface area contributed by atoms with Crippen LogP contribution in [0.5, 0.6) is 0 Å². The summed E-state index contributed by atoms with van der Waals surface area (Å²) in [6.45, 7) is 3.57. The van der Waals surface area contributed by atoms with Gasteiger partial charge in [-0.2, -0.15) is 0 Å². The molecule has 1 aromatic carbocycles. The lowest BCUT2D eigenvalue weighted by molar-refractivity contribution is -0.131. The molecule has 0 aliphatic carbocycles. The molecule has 4 heteroatoms. The molecule has 1 aliphatic rings. The fourth-order valence-electron chi connectivity index (χ4n) is 2.42. The summed E-state index contributed by atoms with van der Waals surface area (Å²) in [5, 5.41) is 3.13. The maximum atomic E-state index is 12.8. The van der Waals surface area contributed by atoms with Gasteiger partial charge in [0.25, 0.3) is 0 Å². The average molecular weight is 264 g/mol. The van der Waals surface area contributed by atoms with Crippen LogP contribution in [0.4, 0.5) is 10.1 Å². The Kier molecular flexibility index (Phi) is 4.77. The third-order valence-corrected chi connectivity index (χ3v) is 3.52. The van der Waals surface area contributed by atoms with Crippen molar-refractivity contribution in [3.8, 4) is 0 Å². The van der Waals surface area contributed by atoms with Gasteiger partial charge in [0.05, 0.1) is 0 Å². The van der Waals surface area contributed by atoms with Gasteiger partial charge in [-0.25, -0.2) is 4.39 Å². The van der Waals surface area contributed by atoms with Crippen molar-refractivity contribution >= 4 is 11.6 Å². The molecule has 0 spiro atoms. The summed E-state index contributed by atoms with van der Waals surface area (Å²) in [6, 6.07) is 5.82. The molecule has 3 nitrogen and oxygen atoms in total. The predicted molar refractivity (Wildman–Crippen MR) is 74.5 cm³/mol. The van der Waals surface area contributed by atoms with Crippen LogP contribution < -0.4 is 5.32 Å². The zero-order valence-electron chi connectivity index (χ0n) is 11.4. The van der Waals surface area contributed by atoms with Crippen LogP contribution in [0.3, 0.4) is 0 Å². The van der Waals surface area contributed by atoms with Crippen LogP contribution in [0.1, 0.15) is 32.6 Å². The molecule has 0 bridgehead atoms. The first-order chi connectivity index (χ1) is 9.16. The summed E-state index contributed by atoms with van der Waals surface area (Å²) in [5.74, 6) is -0.136. The van der Waals surface area contributed by atoms with Crippen molar-refractivity contribution in [1.82, 2.24) is 4.90 Å². The highest BCUT2D eigenvalue weighted by Crippen LogP contribution is 2.14. The third-order valence-electron chi connectivity index (χ3n) is 3.52. The molecule has 0 saturated carbocycles. The molecule has 2 rings (SSSR count). The third kappa shape index (κ3) is 3.94. The van der Waals surface area contributed by atoms with Gasteiger partial charge in [-0.1, -0.05) is 12.8 Å². The molecule has 1 N–H and O–H groups in total. The molecule has 19 heavy (non-hydrogen) atoms. The lowest BCUT2D eigenvalue weighted by Gasteiger charge is -2.25. The van der Waals surface area contributed by atoms with Gasteiger partial charge in [0, 0.05) is 18.8 Å². The Balaban J connectivity index is 1.92. The van der Waals surface area contributed by atoms with Crippen molar-refractivity contribution in [2.24, 2.45) is 0 Å². The minimum Gasteiger partial charge on any atom is -0.374 e. The van der Waals surface area contributed by atoms with Gasteiger partial charge in [-0.15, -0.1) is 0 Å². The number of amides is 1. The van der Waals surface area contributed by atoms with E-state index in [2.05, 4.69) is 5.32 Å². The first-order valence-corrected chi connectivity index (χ1v) is 6.98. The molecule has 0 aromatic heterocycles. The summed E-state index contributed by atoms with van der Waals surface area (Å²) < 4.78 is 12.8. The maximum Gasteiger partial charge on any atom is 0.244 e. The predicted octanol–water partition coefficient (Wildman–Crippen LogP) is 3.03. The largest absolute Gasteiger partial charge is 0.374 e. The van der Waals surface area contributed by atoms with Gasteiger partial charge >= 0.3 is 0 Å². The van der Waals surface area contributed by atoms with E-state index >= 15 is 0 Å². The molecule has 104 valence electrons. The van der Waals surface area contributed by atoms with Crippen LogP contribution in [-0.4, -0.2) is 29.9 Å². The second-order valence-electron chi connectivity index (χ2n) is 5.11. The summed E-state index contributed by atoms with van der Waals surface area (Å²) in [7, 11) is 0. The molecular formula is C15H21FN2O. The molecule has 1 heterocycles. The Morgan fingerprint density at radius 3 is 2.32 bits per heavy atom. The SMILES string of the molecule is CC(Nc1ccc(F)cc1)C(=O)N1CCCCCC1. The van der Waals surface area contributed by atoms with Crippen LogP contribution >= 0.6 is 0 Å². The van der Waals surface area contributed by atoms with E-state index in [1.54, 1.807) is 12.1 Å². The topological polar surface area (TPSA) is 32.3 Å². The number of benzene rings is 1. The first kappa shape index (κ1) is 13.8. The molecule has 1 fully saturated rings. The van der Waals surface area contributed by atoms with Crippen molar-refractivity contribution in [3.63, 3.8) is 0 Å². The molecule has 1 aliphatic heterocycles. The second-order valence-corrected chi connectivity index (χ2v) is 5.11. The van der Waals surface area contributed by atoms with Crippen LogP contribution in [-0.2, 0) is 4.79 Å². The van der Waals surface area contributed by atoms with Crippen molar-refractivity contribution in [2.45, 2.75) is 38.6 Å². The Bertz CT molecular complexity index is 411. The van der Waals surface area contributed by atoms with E-state index in [1.165, 1.54) is 25.0 Å². The number of carbonyl (C=O) groups is 1. The number of hydrogen-bond donors (Lipinski definition) is 1. The van der Waals surface area contributed by atoms with Crippen molar-refractivity contribution in [1.29, 1.82) is 0 Å².